The van der Waals surface area contributed by atoms with Crippen LogP contribution in [0.5, 0.6) is 0 Å². The van der Waals surface area contributed by atoms with E-state index in [1.807, 2.05) is 30.3 Å². The molecule has 1 aliphatic rings. The third-order valence-corrected chi connectivity index (χ3v) is 5.71. The number of hydrogen-bond donors (Lipinski definition) is 2. The standard InChI is InChI=1S/C24H23N5O3/c30-22-15-18(16-8-3-1-4-9-16)25-24(27-22)29-21(14-19(28-29)20-12-7-13-32-20)26-23(31)17-10-5-2-6-11-17/h1,3-4,7-9,12-15,17H,2,5-6,10-11H2,(H,26,31)(H,25,27,30). The fraction of sp³-hybridized carbons (Fsp3) is 0.250. The molecular formula is C24H23N5O3. The largest absolute Gasteiger partial charge is 0.463 e. The van der Waals surface area contributed by atoms with E-state index >= 15 is 0 Å². The lowest BCUT2D eigenvalue weighted by Gasteiger charge is -2.20. The van der Waals surface area contributed by atoms with E-state index in [1.54, 1.807) is 24.5 Å². The molecule has 2 N–H and O–H groups in total. The first-order chi connectivity index (χ1) is 15.7. The number of rotatable bonds is 5. The number of carbonyl (C=O) groups is 1. The molecule has 1 aliphatic carbocycles. The summed E-state index contributed by atoms with van der Waals surface area (Å²) in [6, 6.07) is 16.2. The van der Waals surface area contributed by atoms with Crippen LogP contribution in [0.2, 0.25) is 0 Å². The molecule has 5 rings (SSSR count). The van der Waals surface area contributed by atoms with Crippen molar-refractivity contribution in [2.24, 2.45) is 5.92 Å². The summed E-state index contributed by atoms with van der Waals surface area (Å²) < 4.78 is 6.93. The van der Waals surface area contributed by atoms with Crippen LogP contribution in [0.15, 0.2) is 70.1 Å². The summed E-state index contributed by atoms with van der Waals surface area (Å²) >= 11 is 0. The Hall–Kier alpha value is -3.94. The molecule has 8 nitrogen and oxygen atoms in total. The first-order valence-corrected chi connectivity index (χ1v) is 10.8. The molecule has 8 heteroatoms. The van der Waals surface area contributed by atoms with E-state index in [0.29, 0.717) is 23.0 Å². The summed E-state index contributed by atoms with van der Waals surface area (Å²) in [4.78, 5) is 32.7. The van der Waals surface area contributed by atoms with Crippen molar-refractivity contribution in [1.29, 1.82) is 0 Å². The van der Waals surface area contributed by atoms with E-state index < -0.39 is 0 Å². The molecule has 0 spiro atoms. The second kappa shape index (κ2) is 8.66. The van der Waals surface area contributed by atoms with Crippen LogP contribution in [0, 0.1) is 5.92 Å². The van der Waals surface area contributed by atoms with Gasteiger partial charge in [0.15, 0.2) is 5.76 Å². The summed E-state index contributed by atoms with van der Waals surface area (Å²) in [7, 11) is 0. The zero-order valence-electron chi connectivity index (χ0n) is 17.5. The maximum absolute atomic E-state index is 12.9. The number of nitrogens with one attached hydrogen (secondary N) is 2. The van der Waals surface area contributed by atoms with Crippen molar-refractivity contribution in [3.8, 4) is 28.7 Å². The molecule has 3 aromatic heterocycles. The van der Waals surface area contributed by atoms with Crippen molar-refractivity contribution >= 4 is 11.7 Å². The highest BCUT2D eigenvalue weighted by Gasteiger charge is 2.24. The highest BCUT2D eigenvalue weighted by atomic mass is 16.3. The number of hydrogen-bond acceptors (Lipinski definition) is 5. The summed E-state index contributed by atoms with van der Waals surface area (Å²) in [5.74, 6) is 1.13. The average Bonchev–Trinajstić information content (AvgIpc) is 3.50. The van der Waals surface area contributed by atoms with Gasteiger partial charge in [-0.3, -0.25) is 14.6 Å². The Kier molecular flexibility index (Phi) is 5.41. The highest BCUT2D eigenvalue weighted by Crippen LogP contribution is 2.28. The number of carbonyl (C=O) groups excluding carboxylic acids is 1. The van der Waals surface area contributed by atoms with Gasteiger partial charge in [0, 0.05) is 23.6 Å². The molecule has 1 saturated carbocycles. The third kappa shape index (κ3) is 4.12. The fourth-order valence-corrected chi connectivity index (χ4v) is 4.07. The second-order valence-corrected chi connectivity index (χ2v) is 7.95. The van der Waals surface area contributed by atoms with Crippen molar-refractivity contribution in [2.75, 3.05) is 5.32 Å². The predicted molar refractivity (Wildman–Crippen MR) is 120 cm³/mol. The van der Waals surface area contributed by atoms with Crippen LogP contribution in [-0.4, -0.2) is 25.7 Å². The minimum Gasteiger partial charge on any atom is -0.463 e. The molecule has 0 saturated heterocycles. The first kappa shape index (κ1) is 20.0. The van der Waals surface area contributed by atoms with Gasteiger partial charge in [-0.2, -0.15) is 9.78 Å². The highest BCUT2D eigenvalue weighted by molar-refractivity contribution is 5.92. The van der Waals surface area contributed by atoms with Crippen molar-refractivity contribution in [3.05, 3.63) is 71.2 Å². The molecule has 1 aromatic carbocycles. The molecule has 0 aliphatic heterocycles. The Morgan fingerprint density at radius 2 is 1.84 bits per heavy atom. The maximum Gasteiger partial charge on any atom is 0.252 e. The van der Waals surface area contributed by atoms with Crippen molar-refractivity contribution in [3.63, 3.8) is 0 Å². The number of nitrogens with zero attached hydrogens (tertiary/aromatic N) is 3. The van der Waals surface area contributed by atoms with E-state index in [2.05, 4.69) is 20.4 Å². The summed E-state index contributed by atoms with van der Waals surface area (Å²) in [6.45, 7) is 0. The average molecular weight is 429 g/mol. The smallest absolute Gasteiger partial charge is 0.252 e. The minimum absolute atomic E-state index is 0.0261. The number of H-pyrrole nitrogens is 1. The molecule has 3 heterocycles. The molecule has 1 fully saturated rings. The minimum atomic E-state index is -0.312. The zero-order chi connectivity index (χ0) is 21.9. The van der Waals surface area contributed by atoms with Gasteiger partial charge < -0.3 is 9.73 Å². The van der Waals surface area contributed by atoms with E-state index in [4.69, 9.17) is 4.42 Å². The number of furan rings is 1. The van der Waals surface area contributed by atoms with E-state index in [-0.39, 0.29) is 23.3 Å². The van der Waals surface area contributed by atoms with Crippen LogP contribution >= 0.6 is 0 Å². The number of benzene rings is 1. The van der Waals surface area contributed by atoms with Gasteiger partial charge >= 0.3 is 0 Å². The number of anilines is 1. The Bertz CT molecular complexity index is 1270. The van der Waals surface area contributed by atoms with Gasteiger partial charge in [0.2, 0.25) is 11.9 Å². The van der Waals surface area contributed by atoms with Crippen LogP contribution in [0.3, 0.4) is 0 Å². The van der Waals surface area contributed by atoms with E-state index in [0.717, 1.165) is 31.2 Å². The van der Waals surface area contributed by atoms with Crippen LogP contribution in [0.4, 0.5) is 5.82 Å². The van der Waals surface area contributed by atoms with Crippen LogP contribution in [0.25, 0.3) is 28.7 Å². The second-order valence-electron chi connectivity index (χ2n) is 7.95. The molecule has 1 amide bonds. The van der Waals surface area contributed by atoms with Crippen molar-refractivity contribution in [1.82, 2.24) is 19.7 Å². The van der Waals surface area contributed by atoms with Gasteiger partial charge in [-0.1, -0.05) is 49.6 Å². The molecule has 162 valence electrons. The molecule has 4 aromatic rings. The van der Waals surface area contributed by atoms with E-state index in [9.17, 15) is 9.59 Å². The Balaban J connectivity index is 1.56. The summed E-state index contributed by atoms with van der Waals surface area (Å²) in [5, 5.41) is 7.57. The zero-order valence-corrected chi connectivity index (χ0v) is 17.5. The Morgan fingerprint density at radius 3 is 2.59 bits per heavy atom. The lowest BCUT2D eigenvalue weighted by atomic mass is 9.89. The van der Waals surface area contributed by atoms with Gasteiger partial charge in [-0.05, 0) is 25.0 Å². The molecule has 0 unspecified atom stereocenters. The fourth-order valence-electron chi connectivity index (χ4n) is 4.07. The van der Waals surface area contributed by atoms with Crippen molar-refractivity contribution < 1.29 is 9.21 Å². The van der Waals surface area contributed by atoms with Gasteiger partial charge in [-0.25, -0.2) is 4.98 Å². The summed E-state index contributed by atoms with van der Waals surface area (Å²) in [5.41, 5.74) is 1.55. The quantitative estimate of drug-likeness (QED) is 0.489. The van der Waals surface area contributed by atoms with Gasteiger partial charge in [0.25, 0.3) is 5.56 Å². The Morgan fingerprint density at radius 1 is 1.03 bits per heavy atom. The number of aromatic nitrogens is 4. The molecule has 32 heavy (non-hydrogen) atoms. The van der Waals surface area contributed by atoms with Crippen LogP contribution in [-0.2, 0) is 4.79 Å². The topological polar surface area (TPSA) is 106 Å². The normalized spacial score (nSPS) is 14.4. The van der Waals surface area contributed by atoms with Crippen LogP contribution < -0.4 is 10.9 Å². The van der Waals surface area contributed by atoms with Gasteiger partial charge in [0.1, 0.15) is 11.5 Å². The number of aromatic amines is 1. The molecule has 0 atom stereocenters. The monoisotopic (exact) mass is 429 g/mol. The predicted octanol–water partition coefficient (Wildman–Crippen LogP) is 4.40. The van der Waals surface area contributed by atoms with Crippen LogP contribution in [0.1, 0.15) is 32.1 Å². The third-order valence-electron chi connectivity index (χ3n) is 5.71. The van der Waals surface area contributed by atoms with Gasteiger partial charge in [-0.15, -0.1) is 0 Å². The maximum atomic E-state index is 12.9. The van der Waals surface area contributed by atoms with Crippen molar-refractivity contribution in [2.45, 2.75) is 32.1 Å². The molecule has 0 bridgehead atoms. The van der Waals surface area contributed by atoms with Gasteiger partial charge in [0.05, 0.1) is 12.0 Å². The SMILES string of the molecule is O=C(Nc1cc(-c2ccco2)nn1-c1nc(-c2ccccc2)cc(=O)[nH]1)C1CCCCC1. The molecule has 0 radical (unpaired) electrons. The van der Waals surface area contributed by atoms with E-state index in [1.165, 1.54) is 17.2 Å². The summed E-state index contributed by atoms with van der Waals surface area (Å²) in [6.07, 6.45) is 6.60. The number of amides is 1. The molecular weight excluding hydrogens is 406 g/mol. The Labute approximate surface area is 184 Å². The lowest BCUT2D eigenvalue weighted by molar-refractivity contribution is -0.120. The first-order valence-electron chi connectivity index (χ1n) is 10.8. The lowest BCUT2D eigenvalue weighted by Crippen LogP contribution is -2.26.